The van der Waals surface area contributed by atoms with Crippen molar-refractivity contribution in [2.45, 2.75) is 51.7 Å². The lowest BCUT2D eigenvalue weighted by Crippen LogP contribution is -2.57. The minimum Gasteiger partial charge on any atom is -0.396 e. The average molecular weight is 427 g/mol. The fourth-order valence-corrected chi connectivity index (χ4v) is 5.22. The molecule has 0 spiro atoms. The van der Waals surface area contributed by atoms with Crippen LogP contribution in [0.1, 0.15) is 36.2 Å². The highest BCUT2D eigenvalue weighted by Crippen LogP contribution is 2.28. The second-order valence-corrected chi connectivity index (χ2v) is 9.05. The minimum atomic E-state index is -0.162. The van der Waals surface area contributed by atoms with Crippen LogP contribution in [0, 0.1) is 19.7 Å². The number of pyridine rings is 1. The molecule has 2 saturated heterocycles. The van der Waals surface area contributed by atoms with E-state index < -0.39 is 0 Å². The molecule has 3 heterocycles. The highest BCUT2D eigenvalue weighted by molar-refractivity contribution is 5.53. The molecule has 0 aliphatic carbocycles. The number of aliphatic hydroxyl groups is 1. The van der Waals surface area contributed by atoms with Gasteiger partial charge >= 0.3 is 0 Å². The Morgan fingerprint density at radius 3 is 2.58 bits per heavy atom. The van der Waals surface area contributed by atoms with E-state index in [9.17, 15) is 9.50 Å². The molecule has 0 bridgehead atoms. The summed E-state index contributed by atoms with van der Waals surface area (Å²) < 4.78 is 13.5. The summed E-state index contributed by atoms with van der Waals surface area (Å²) >= 11 is 0. The Kier molecular flexibility index (Phi) is 7.20. The molecule has 1 N–H and O–H groups in total. The van der Waals surface area contributed by atoms with Crippen LogP contribution in [0.25, 0.3) is 0 Å². The van der Waals surface area contributed by atoms with Crippen LogP contribution in [-0.4, -0.2) is 71.3 Å². The summed E-state index contributed by atoms with van der Waals surface area (Å²) in [6.07, 6.45) is 3.06. The third-order valence-electron chi connectivity index (χ3n) is 6.89. The first-order chi connectivity index (χ1) is 15.0. The number of aromatic nitrogens is 1. The number of rotatable bonds is 6. The standard InChI is InChI=1S/C25H35FN4O/c1-19-16-21(26)6-7-25(19)28-11-8-23(9-12-28)30-14-13-29(24(18-30)10-15-31)17-22-5-3-4-20(2)27-22/h3-7,16,23-24,31H,8-15,17-18H2,1-2H3. The molecule has 31 heavy (non-hydrogen) atoms. The Hall–Kier alpha value is -2.02. The van der Waals surface area contributed by atoms with E-state index in [1.165, 1.54) is 0 Å². The van der Waals surface area contributed by atoms with Gasteiger partial charge in [-0.15, -0.1) is 0 Å². The molecule has 168 valence electrons. The van der Waals surface area contributed by atoms with Gasteiger partial charge in [-0.05, 0) is 69.0 Å². The summed E-state index contributed by atoms with van der Waals surface area (Å²) in [6.45, 7) is 10.2. The van der Waals surface area contributed by atoms with Crippen molar-refractivity contribution in [1.29, 1.82) is 0 Å². The summed E-state index contributed by atoms with van der Waals surface area (Å²) in [6, 6.07) is 12.3. The van der Waals surface area contributed by atoms with Crippen molar-refractivity contribution in [3.63, 3.8) is 0 Å². The summed E-state index contributed by atoms with van der Waals surface area (Å²) in [5.74, 6) is -0.162. The van der Waals surface area contributed by atoms with Crippen molar-refractivity contribution in [2.24, 2.45) is 0 Å². The lowest BCUT2D eigenvalue weighted by molar-refractivity contribution is 0.0248. The van der Waals surface area contributed by atoms with Crippen molar-refractivity contribution in [2.75, 3.05) is 44.2 Å². The van der Waals surface area contributed by atoms with Gasteiger partial charge in [0, 0.05) is 69.3 Å². The molecule has 2 fully saturated rings. The van der Waals surface area contributed by atoms with E-state index in [1.807, 2.05) is 26.0 Å². The van der Waals surface area contributed by atoms with Crippen molar-refractivity contribution in [3.05, 3.63) is 59.2 Å². The van der Waals surface area contributed by atoms with Crippen molar-refractivity contribution < 1.29 is 9.50 Å². The van der Waals surface area contributed by atoms with Crippen LogP contribution >= 0.6 is 0 Å². The van der Waals surface area contributed by atoms with E-state index in [2.05, 4.69) is 31.8 Å². The molecule has 2 aliphatic rings. The Morgan fingerprint density at radius 1 is 1.06 bits per heavy atom. The molecule has 6 heteroatoms. The molecule has 0 amide bonds. The molecule has 4 rings (SSSR count). The normalized spacial score (nSPS) is 21.5. The second-order valence-electron chi connectivity index (χ2n) is 9.05. The molecule has 1 aromatic heterocycles. The van der Waals surface area contributed by atoms with E-state index in [1.54, 1.807) is 12.1 Å². The number of hydrogen-bond acceptors (Lipinski definition) is 5. The second kappa shape index (κ2) is 10.1. The van der Waals surface area contributed by atoms with Gasteiger partial charge in [-0.2, -0.15) is 0 Å². The lowest BCUT2D eigenvalue weighted by Gasteiger charge is -2.47. The molecular formula is C25H35FN4O. The third-order valence-corrected chi connectivity index (χ3v) is 6.89. The Balaban J connectivity index is 1.34. The maximum atomic E-state index is 13.5. The Labute approximate surface area is 185 Å². The van der Waals surface area contributed by atoms with Crippen LogP contribution in [0.3, 0.4) is 0 Å². The molecular weight excluding hydrogens is 391 g/mol. The molecule has 0 radical (unpaired) electrons. The van der Waals surface area contributed by atoms with Gasteiger partial charge in [0.1, 0.15) is 5.82 Å². The largest absolute Gasteiger partial charge is 0.396 e. The maximum absolute atomic E-state index is 13.5. The zero-order chi connectivity index (χ0) is 21.8. The number of aryl methyl sites for hydroxylation is 2. The van der Waals surface area contributed by atoms with Crippen molar-refractivity contribution >= 4 is 5.69 Å². The van der Waals surface area contributed by atoms with E-state index in [0.29, 0.717) is 12.1 Å². The number of nitrogens with zero attached hydrogens (tertiary/aromatic N) is 4. The number of piperazine rings is 1. The molecule has 5 nitrogen and oxygen atoms in total. The van der Waals surface area contributed by atoms with Crippen LogP contribution in [0.2, 0.25) is 0 Å². The summed E-state index contributed by atoms with van der Waals surface area (Å²) in [4.78, 5) is 12.2. The monoisotopic (exact) mass is 426 g/mol. The van der Waals surface area contributed by atoms with Gasteiger partial charge in [-0.25, -0.2) is 4.39 Å². The fraction of sp³-hybridized carbons (Fsp3) is 0.560. The van der Waals surface area contributed by atoms with Gasteiger partial charge in [-0.3, -0.25) is 14.8 Å². The SMILES string of the molecule is Cc1cccc(CN2CCN(C3CCN(c4ccc(F)cc4C)CC3)CC2CCO)n1. The molecule has 1 atom stereocenters. The Morgan fingerprint density at radius 2 is 1.87 bits per heavy atom. The molecule has 2 aliphatic heterocycles. The van der Waals surface area contributed by atoms with Crippen LogP contribution < -0.4 is 4.90 Å². The van der Waals surface area contributed by atoms with Crippen LogP contribution in [-0.2, 0) is 6.54 Å². The van der Waals surface area contributed by atoms with Gasteiger partial charge in [0.05, 0.1) is 5.69 Å². The van der Waals surface area contributed by atoms with Crippen molar-refractivity contribution in [3.8, 4) is 0 Å². The average Bonchev–Trinajstić information content (AvgIpc) is 2.75. The quantitative estimate of drug-likeness (QED) is 0.767. The number of hydrogen-bond donors (Lipinski definition) is 1. The van der Waals surface area contributed by atoms with Crippen LogP contribution in [0.15, 0.2) is 36.4 Å². The molecule has 1 aromatic carbocycles. The number of anilines is 1. The number of benzene rings is 1. The lowest BCUT2D eigenvalue weighted by atomic mass is 9.98. The topological polar surface area (TPSA) is 42.8 Å². The molecule has 1 unspecified atom stereocenters. The van der Waals surface area contributed by atoms with Crippen LogP contribution in [0.5, 0.6) is 0 Å². The van der Waals surface area contributed by atoms with Gasteiger partial charge < -0.3 is 10.0 Å². The Bertz CT molecular complexity index is 868. The first-order valence-corrected chi connectivity index (χ1v) is 11.6. The zero-order valence-corrected chi connectivity index (χ0v) is 18.8. The first kappa shape index (κ1) is 22.2. The fourth-order valence-electron chi connectivity index (χ4n) is 5.22. The number of piperidine rings is 1. The van der Waals surface area contributed by atoms with Gasteiger partial charge in [0.25, 0.3) is 0 Å². The smallest absolute Gasteiger partial charge is 0.123 e. The van der Waals surface area contributed by atoms with Gasteiger partial charge in [0.2, 0.25) is 0 Å². The van der Waals surface area contributed by atoms with E-state index in [-0.39, 0.29) is 12.4 Å². The maximum Gasteiger partial charge on any atom is 0.123 e. The van der Waals surface area contributed by atoms with Gasteiger partial charge in [-0.1, -0.05) is 6.07 Å². The minimum absolute atomic E-state index is 0.162. The van der Waals surface area contributed by atoms with Crippen molar-refractivity contribution in [1.82, 2.24) is 14.8 Å². The molecule has 0 saturated carbocycles. The zero-order valence-electron chi connectivity index (χ0n) is 18.8. The summed E-state index contributed by atoms with van der Waals surface area (Å²) in [5.41, 5.74) is 4.34. The highest BCUT2D eigenvalue weighted by Gasteiger charge is 2.32. The molecule has 2 aromatic rings. The third kappa shape index (κ3) is 5.43. The van der Waals surface area contributed by atoms with E-state index in [4.69, 9.17) is 0 Å². The van der Waals surface area contributed by atoms with E-state index in [0.717, 1.165) is 81.2 Å². The number of aliphatic hydroxyl groups excluding tert-OH is 1. The summed E-state index contributed by atoms with van der Waals surface area (Å²) in [5, 5.41) is 9.66. The number of halogens is 1. The predicted octanol–water partition coefficient (Wildman–Crippen LogP) is 3.38. The van der Waals surface area contributed by atoms with Gasteiger partial charge in [0.15, 0.2) is 0 Å². The summed E-state index contributed by atoms with van der Waals surface area (Å²) in [7, 11) is 0. The predicted molar refractivity (Wildman–Crippen MR) is 123 cm³/mol. The highest BCUT2D eigenvalue weighted by atomic mass is 19.1. The van der Waals surface area contributed by atoms with E-state index >= 15 is 0 Å². The first-order valence-electron chi connectivity index (χ1n) is 11.6. The van der Waals surface area contributed by atoms with Crippen LogP contribution in [0.4, 0.5) is 10.1 Å².